The number of morpholine rings is 1. The van der Waals surface area contributed by atoms with Gasteiger partial charge in [0.2, 0.25) is 0 Å². The van der Waals surface area contributed by atoms with Gasteiger partial charge >= 0.3 is 12.0 Å². The molecule has 2 aliphatic rings. The van der Waals surface area contributed by atoms with Crippen molar-refractivity contribution in [1.29, 1.82) is 0 Å². The third-order valence-corrected chi connectivity index (χ3v) is 3.86. The number of rotatable bonds is 4. The number of hydrogen-bond acceptors (Lipinski definition) is 4. The summed E-state index contributed by atoms with van der Waals surface area (Å²) in [4.78, 5) is 26.9. The van der Waals surface area contributed by atoms with Crippen LogP contribution in [0.4, 0.5) is 4.79 Å². The fourth-order valence-electron chi connectivity index (χ4n) is 2.68. The lowest BCUT2D eigenvalue weighted by molar-refractivity contribution is -0.143. The molecule has 0 aromatic rings. The topological polar surface area (TPSA) is 82.1 Å². The van der Waals surface area contributed by atoms with Crippen molar-refractivity contribution < 1.29 is 19.4 Å². The van der Waals surface area contributed by atoms with Crippen molar-refractivity contribution in [3.63, 3.8) is 0 Å². The third kappa shape index (κ3) is 4.08. The number of carbonyl (C=O) groups excluding carboxylic acids is 1. The Balaban J connectivity index is 1.73. The zero-order valence-electron chi connectivity index (χ0n) is 11.7. The summed E-state index contributed by atoms with van der Waals surface area (Å²) in [5.41, 5.74) is 0. The van der Waals surface area contributed by atoms with E-state index in [1.54, 1.807) is 0 Å². The van der Waals surface area contributed by atoms with Crippen molar-refractivity contribution >= 4 is 12.0 Å². The number of urea groups is 1. The Morgan fingerprint density at radius 1 is 1.20 bits per heavy atom. The normalized spacial score (nSPS) is 24.4. The van der Waals surface area contributed by atoms with Gasteiger partial charge in [-0.05, 0) is 19.3 Å². The first kappa shape index (κ1) is 15.1. The molecule has 2 amide bonds. The molecule has 0 saturated carbocycles. The first-order valence-electron chi connectivity index (χ1n) is 7.26. The zero-order valence-corrected chi connectivity index (χ0v) is 11.7. The molecule has 114 valence electrons. The van der Waals surface area contributed by atoms with Crippen molar-refractivity contribution in [3.8, 4) is 0 Å². The smallest absolute Gasteiger partial charge is 0.326 e. The van der Waals surface area contributed by atoms with Crippen LogP contribution in [-0.2, 0) is 9.53 Å². The quantitative estimate of drug-likeness (QED) is 0.758. The Morgan fingerprint density at radius 3 is 2.65 bits per heavy atom. The van der Waals surface area contributed by atoms with Gasteiger partial charge in [0.15, 0.2) is 0 Å². The number of hydrogen-bond donors (Lipinski definition) is 2. The summed E-state index contributed by atoms with van der Waals surface area (Å²) in [5, 5.41) is 12.0. The number of aliphatic carboxylic acids is 1. The second kappa shape index (κ2) is 7.44. The molecule has 2 rings (SSSR count). The molecule has 0 aromatic carbocycles. The number of likely N-dealkylation sites (tertiary alicyclic amines) is 1. The van der Waals surface area contributed by atoms with Crippen molar-refractivity contribution in [1.82, 2.24) is 15.1 Å². The molecular weight excluding hydrogens is 262 g/mol. The van der Waals surface area contributed by atoms with Gasteiger partial charge in [0.05, 0.1) is 13.2 Å². The molecular formula is C13H23N3O4. The SMILES string of the molecule is O=C(O)C1CCCCN1C(=O)NCCN1CCOCC1. The van der Waals surface area contributed by atoms with Gasteiger partial charge in [-0.3, -0.25) is 4.90 Å². The summed E-state index contributed by atoms with van der Waals surface area (Å²) < 4.78 is 5.26. The first-order valence-corrected chi connectivity index (χ1v) is 7.26. The average Bonchev–Trinajstić information content (AvgIpc) is 2.48. The second-order valence-electron chi connectivity index (χ2n) is 5.23. The maximum absolute atomic E-state index is 12.1. The molecule has 1 atom stereocenters. The number of amides is 2. The van der Waals surface area contributed by atoms with Crippen molar-refractivity contribution in [3.05, 3.63) is 0 Å². The Morgan fingerprint density at radius 2 is 1.95 bits per heavy atom. The van der Waals surface area contributed by atoms with E-state index < -0.39 is 12.0 Å². The summed E-state index contributed by atoms with van der Waals surface area (Å²) in [6.07, 6.45) is 2.29. The Kier molecular flexibility index (Phi) is 5.60. The minimum atomic E-state index is -0.909. The number of nitrogens with one attached hydrogen (secondary N) is 1. The van der Waals surface area contributed by atoms with Crippen LogP contribution in [0.15, 0.2) is 0 Å². The van der Waals surface area contributed by atoms with E-state index in [0.29, 0.717) is 19.5 Å². The van der Waals surface area contributed by atoms with Gasteiger partial charge in [-0.25, -0.2) is 9.59 Å². The maximum Gasteiger partial charge on any atom is 0.326 e. The van der Waals surface area contributed by atoms with E-state index in [2.05, 4.69) is 10.2 Å². The van der Waals surface area contributed by atoms with Crippen molar-refractivity contribution in [2.45, 2.75) is 25.3 Å². The average molecular weight is 285 g/mol. The van der Waals surface area contributed by atoms with E-state index in [1.807, 2.05) is 0 Å². The van der Waals surface area contributed by atoms with Crippen LogP contribution in [0, 0.1) is 0 Å². The lowest BCUT2D eigenvalue weighted by Gasteiger charge is -2.33. The molecule has 0 aliphatic carbocycles. The molecule has 0 radical (unpaired) electrons. The highest BCUT2D eigenvalue weighted by atomic mass is 16.5. The largest absolute Gasteiger partial charge is 0.480 e. The zero-order chi connectivity index (χ0) is 14.4. The molecule has 7 nitrogen and oxygen atoms in total. The van der Waals surface area contributed by atoms with Crippen LogP contribution in [0.5, 0.6) is 0 Å². The van der Waals surface area contributed by atoms with Crippen LogP contribution in [0.3, 0.4) is 0 Å². The molecule has 7 heteroatoms. The standard InChI is InChI=1S/C13H23N3O4/c17-12(18)11-3-1-2-5-16(11)13(19)14-4-6-15-7-9-20-10-8-15/h11H,1-10H2,(H,14,19)(H,17,18). The van der Waals surface area contributed by atoms with Gasteiger partial charge in [-0.2, -0.15) is 0 Å². The Labute approximate surface area is 118 Å². The molecule has 2 aliphatic heterocycles. The van der Waals surface area contributed by atoms with E-state index in [1.165, 1.54) is 4.90 Å². The van der Waals surface area contributed by atoms with Crippen LogP contribution in [0.1, 0.15) is 19.3 Å². The highest BCUT2D eigenvalue weighted by molar-refractivity contribution is 5.82. The molecule has 0 spiro atoms. The summed E-state index contributed by atoms with van der Waals surface area (Å²) >= 11 is 0. The van der Waals surface area contributed by atoms with Crippen LogP contribution in [0.2, 0.25) is 0 Å². The lowest BCUT2D eigenvalue weighted by atomic mass is 10.0. The van der Waals surface area contributed by atoms with E-state index in [4.69, 9.17) is 9.84 Å². The number of carbonyl (C=O) groups is 2. The monoisotopic (exact) mass is 285 g/mol. The van der Waals surface area contributed by atoms with Crippen LogP contribution < -0.4 is 5.32 Å². The molecule has 0 bridgehead atoms. The Hall–Kier alpha value is -1.34. The molecule has 0 aromatic heterocycles. The highest BCUT2D eigenvalue weighted by Gasteiger charge is 2.31. The van der Waals surface area contributed by atoms with E-state index in [-0.39, 0.29) is 6.03 Å². The van der Waals surface area contributed by atoms with Gasteiger partial charge in [0.1, 0.15) is 6.04 Å². The number of piperidine rings is 1. The third-order valence-electron chi connectivity index (χ3n) is 3.86. The van der Waals surface area contributed by atoms with E-state index >= 15 is 0 Å². The second-order valence-corrected chi connectivity index (χ2v) is 5.23. The summed E-state index contributed by atoms with van der Waals surface area (Å²) in [7, 11) is 0. The molecule has 2 saturated heterocycles. The van der Waals surface area contributed by atoms with Gasteiger partial charge < -0.3 is 20.1 Å². The molecule has 2 fully saturated rings. The predicted octanol–water partition coefficient (Wildman–Crippen LogP) is -0.0327. The number of carboxylic acids is 1. The Bertz CT molecular complexity index is 345. The van der Waals surface area contributed by atoms with Crippen LogP contribution in [0.25, 0.3) is 0 Å². The molecule has 2 N–H and O–H groups in total. The minimum absolute atomic E-state index is 0.259. The van der Waals surface area contributed by atoms with Gasteiger partial charge in [-0.15, -0.1) is 0 Å². The summed E-state index contributed by atoms with van der Waals surface area (Å²) in [5.74, 6) is -0.909. The molecule has 2 heterocycles. The lowest BCUT2D eigenvalue weighted by Crippen LogP contribution is -2.53. The van der Waals surface area contributed by atoms with Gasteiger partial charge in [0.25, 0.3) is 0 Å². The number of carboxylic acid groups (broad SMARTS) is 1. The predicted molar refractivity (Wildman–Crippen MR) is 72.6 cm³/mol. The van der Waals surface area contributed by atoms with Crippen molar-refractivity contribution in [2.75, 3.05) is 45.9 Å². The number of nitrogens with zero attached hydrogens (tertiary/aromatic N) is 2. The summed E-state index contributed by atoms with van der Waals surface area (Å²) in [6, 6.07) is -0.933. The van der Waals surface area contributed by atoms with Crippen LogP contribution in [-0.4, -0.2) is 78.9 Å². The van der Waals surface area contributed by atoms with Crippen LogP contribution >= 0.6 is 0 Å². The summed E-state index contributed by atoms with van der Waals surface area (Å²) in [6.45, 7) is 5.10. The molecule has 20 heavy (non-hydrogen) atoms. The molecule has 1 unspecified atom stereocenters. The fraction of sp³-hybridized carbons (Fsp3) is 0.846. The van der Waals surface area contributed by atoms with E-state index in [0.717, 1.165) is 45.7 Å². The first-order chi connectivity index (χ1) is 9.68. The van der Waals surface area contributed by atoms with E-state index in [9.17, 15) is 9.59 Å². The fourth-order valence-corrected chi connectivity index (χ4v) is 2.68. The minimum Gasteiger partial charge on any atom is -0.480 e. The van der Waals surface area contributed by atoms with Gasteiger partial charge in [0, 0.05) is 32.7 Å². The highest BCUT2D eigenvalue weighted by Crippen LogP contribution is 2.17. The maximum atomic E-state index is 12.1. The van der Waals surface area contributed by atoms with Gasteiger partial charge in [-0.1, -0.05) is 0 Å². The van der Waals surface area contributed by atoms with Crippen molar-refractivity contribution in [2.24, 2.45) is 0 Å². The number of ether oxygens (including phenoxy) is 1.